The first kappa shape index (κ1) is 13.8. The van der Waals surface area contributed by atoms with Crippen molar-refractivity contribution in [1.29, 1.82) is 0 Å². The van der Waals surface area contributed by atoms with Gasteiger partial charge in [-0.1, -0.05) is 19.9 Å². The lowest BCUT2D eigenvalue weighted by Gasteiger charge is -2.67. The van der Waals surface area contributed by atoms with Crippen molar-refractivity contribution in [2.24, 2.45) is 27.9 Å². The summed E-state index contributed by atoms with van der Waals surface area (Å²) in [4.78, 5) is 4.48. The van der Waals surface area contributed by atoms with E-state index < -0.39 is 0 Å². The Bertz CT molecular complexity index is 543. The highest BCUT2D eigenvalue weighted by molar-refractivity contribution is 5.23. The van der Waals surface area contributed by atoms with Gasteiger partial charge in [0, 0.05) is 17.9 Å². The van der Waals surface area contributed by atoms with Crippen LogP contribution in [0.15, 0.2) is 18.3 Å². The van der Waals surface area contributed by atoms with Crippen LogP contribution in [0.25, 0.3) is 0 Å². The first-order chi connectivity index (χ1) is 9.82. The van der Waals surface area contributed by atoms with Gasteiger partial charge in [-0.25, -0.2) is 0 Å². The maximum Gasteiger partial charge on any atom is 0.0372 e. The number of rotatable bonds is 2. The molecule has 0 saturated heterocycles. The zero-order chi connectivity index (χ0) is 14.9. The summed E-state index contributed by atoms with van der Waals surface area (Å²) in [6.45, 7) is 7.08. The molecule has 21 heavy (non-hydrogen) atoms. The van der Waals surface area contributed by atoms with Gasteiger partial charge in [0.2, 0.25) is 0 Å². The van der Waals surface area contributed by atoms with Crippen LogP contribution in [0.4, 0.5) is 0 Å². The van der Waals surface area contributed by atoms with Gasteiger partial charge in [-0.2, -0.15) is 0 Å². The van der Waals surface area contributed by atoms with Crippen molar-refractivity contribution < 1.29 is 0 Å². The molecule has 1 heterocycles. The molecular weight excluding hydrogens is 256 g/mol. The SMILES string of the molecule is Cc1ccc(C(N)C23CC4CC(C)(CC(C)(C4)C2)C3)cn1. The number of pyridine rings is 1. The Labute approximate surface area is 128 Å². The Morgan fingerprint density at radius 1 is 1.10 bits per heavy atom. The van der Waals surface area contributed by atoms with Crippen LogP contribution in [-0.4, -0.2) is 4.98 Å². The summed E-state index contributed by atoms with van der Waals surface area (Å²) in [5, 5.41) is 0. The van der Waals surface area contributed by atoms with E-state index in [1.165, 1.54) is 44.1 Å². The monoisotopic (exact) mass is 284 g/mol. The first-order valence-corrected chi connectivity index (χ1v) is 8.50. The highest BCUT2D eigenvalue weighted by Crippen LogP contribution is 2.71. The molecule has 1 aromatic rings. The van der Waals surface area contributed by atoms with Gasteiger partial charge in [0.05, 0.1) is 0 Å². The van der Waals surface area contributed by atoms with Crippen LogP contribution in [0.1, 0.15) is 69.7 Å². The van der Waals surface area contributed by atoms with Crippen molar-refractivity contribution in [2.75, 3.05) is 0 Å². The third-order valence-electron chi connectivity index (χ3n) is 6.62. The van der Waals surface area contributed by atoms with E-state index >= 15 is 0 Å². The summed E-state index contributed by atoms with van der Waals surface area (Å²) in [6, 6.07) is 4.47. The molecule has 0 radical (unpaired) electrons. The molecule has 0 spiro atoms. The van der Waals surface area contributed by atoms with Crippen LogP contribution in [0.2, 0.25) is 0 Å². The maximum absolute atomic E-state index is 6.82. The number of nitrogens with zero attached hydrogens (tertiary/aromatic N) is 1. The normalized spacial score (nSPS) is 45.8. The van der Waals surface area contributed by atoms with Gasteiger partial charge in [-0.3, -0.25) is 4.98 Å². The van der Waals surface area contributed by atoms with E-state index in [1.54, 1.807) is 0 Å². The predicted octanol–water partition coefficient (Wildman–Crippen LogP) is 4.39. The molecule has 0 aliphatic heterocycles. The zero-order valence-electron chi connectivity index (χ0n) is 13.7. The van der Waals surface area contributed by atoms with Crippen LogP contribution in [0, 0.1) is 29.1 Å². The molecule has 2 N–H and O–H groups in total. The van der Waals surface area contributed by atoms with E-state index in [1.807, 2.05) is 13.1 Å². The highest BCUT2D eigenvalue weighted by Gasteiger charge is 2.61. The lowest BCUT2D eigenvalue weighted by molar-refractivity contribution is -0.154. The van der Waals surface area contributed by atoms with Gasteiger partial charge in [0.1, 0.15) is 0 Å². The molecule has 4 fully saturated rings. The van der Waals surface area contributed by atoms with E-state index in [0.717, 1.165) is 11.6 Å². The van der Waals surface area contributed by atoms with Gasteiger partial charge in [-0.15, -0.1) is 0 Å². The standard InChI is InChI=1S/C19H28N2/c1-13-4-5-15(9-21-13)16(20)19-8-14-6-17(2,11-19)10-18(3,7-14)12-19/h4-5,9,14,16H,6-8,10-12,20H2,1-3H3. The minimum atomic E-state index is 0.160. The number of aryl methyl sites for hydroxylation is 1. The number of hydrogen-bond donors (Lipinski definition) is 1. The van der Waals surface area contributed by atoms with Crippen LogP contribution >= 0.6 is 0 Å². The summed E-state index contributed by atoms with van der Waals surface area (Å²) < 4.78 is 0. The average molecular weight is 284 g/mol. The summed E-state index contributed by atoms with van der Waals surface area (Å²) >= 11 is 0. The van der Waals surface area contributed by atoms with Gasteiger partial charge in [-0.05, 0) is 79.2 Å². The molecule has 3 atom stereocenters. The maximum atomic E-state index is 6.82. The molecule has 2 heteroatoms. The lowest BCUT2D eigenvalue weighted by Crippen LogP contribution is -2.58. The van der Waals surface area contributed by atoms with Gasteiger partial charge >= 0.3 is 0 Å². The Hall–Kier alpha value is -0.890. The largest absolute Gasteiger partial charge is 0.323 e. The fourth-order valence-electron chi connectivity index (χ4n) is 6.90. The molecular formula is C19H28N2. The van der Waals surface area contributed by atoms with Crippen molar-refractivity contribution in [2.45, 2.75) is 65.3 Å². The highest BCUT2D eigenvalue weighted by atomic mass is 14.8. The van der Waals surface area contributed by atoms with E-state index in [0.29, 0.717) is 16.2 Å². The van der Waals surface area contributed by atoms with Crippen molar-refractivity contribution in [1.82, 2.24) is 4.98 Å². The van der Waals surface area contributed by atoms with Crippen molar-refractivity contribution in [3.8, 4) is 0 Å². The van der Waals surface area contributed by atoms with Gasteiger partial charge < -0.3 is 5.73 Å². The zero-order valence-corrected chi connectivity index (χ0v) is 13.7. The molecule has 0 aromatic carbocycles. The fourth-order valence-corrected chi connectivity index (χ4v) is 6.90. The molecule has 114 valence electrons. The quantitative estimate of drug-likeness (QED) is 0.875. The third kappa shape index (κ3) is 2.06. The second kappa shape index (κ2) is 4.10. The molecule has 4 saturated carbocycles. The molecule has 0 amide bonds. The van der Waals surface area contributed by atoms with Crippen molar-refractivity contribution >= 4 is 0 Å². The van der Waals surface area contributed by atoms with Crippen LogP contribution in [0.5, 0.6) is 0 Å². The van der Waals surface area contributed by atoms with Gasteiger partial charge in [0.15, 0.2) is 0 Å². The topological polar surface area (TPSA) is 38.9 Å². The molecule has 5 rings (SSSR count). The Kier molecular flexibility index (Phi) is 2.68. The number of nitrogens with two attached hydrogens (primary N) is 1. The fraction of sp³-hybridized carbons (Fsp3) is 0.737. The molecule has 4 aliphatic rings. The number of aromatic nitrogens is 1. The summed E-state index contributed by atoms with van der Waals surface area (Å²) in [5.41, 5.74) is 10.5. The summed E-state index contributed by atoms with van der Waals surface area (Å²) in [7, 11) is 0. The second-order valence-electron chi connectivity index (χ2n) is 9.20. The number of hydrogen-bond acceptors (Lipinski definition) is 2. The van der Waals surface area contributed by atoms with E-state index in [4.69, 9.17) is 5.73 Å². The average Bonchev–Trinajstić information content (AvgIpc) is 2.34. The first-order valence-electron chi connectivity index (χ1n) is 8.50. The van der Waals surface area contributed by atoms with Crippen LogP contribution in [0.3, 0.4) is 0 Å². The van der Waals surface area contributed by atoms with Crippen LogP contribution < -0.4 is 5.73 Å². The van der Waals surface area contributed by atoms with E-state index in [2.05, 4.69) is 31.0 Å². The summed E-state index contributed by atoms with van der Waals surface area (Å²) in [5.74, 6) is 0.903. The minimum Gasteiger partial charge on any atom is -0.323 e. The van der Waals surface area contributed by atoms with Crippen molar-refractivity contribution in [3.63, 3.8) is 0 Å². The van der Waals surface area contributed by atoms with E-state index in [-0.39, 0.29) is 6.04 Å². The molecule has 4 aliphatic carbocycles. The Morgan fingerprint density at radius 2 is 1.76 bits per heavy atom. The lowest BCUT2D eigenvalue weighted by atomic mass is 9.39. The molecule has 3 unspecified atom stereocenters. The molecule has 2 nitrogen and oxygen atoms in total. The van der Waals surface area contributed by atoms with Gasteiger partial charge in [0.25, 0.3) is 0 Å². The van der Waals surface area contributed by atoms with Crippen molar-refractivity contribution in [3.05, 3.63) is 29.6 Å². The molecule has 4 bridgehead atoms. The van der Waals surface area contributed by atoms with E-state index in [9.17, 15) is 0 Å². The molecule has 1 aromatic heterocycles. The third-order valence-corrected chi connectivity index (χ3v) is 6.62. The Morgan fingerprint density at radius 3 is 2.29 bits per heavy atom. The van der Waals surface area contributed by atoms with Crippen LogP contribution in [-0.2, 0) is 0 Å². The summed E-state index contributed by atoms with van der Waals surface area (Å²) in [6.07, 6.45) is 10.3. The minimum absolute atomic E-state index is 0.160. The second-order valence-corrected chi connectivity index (χ2v) is 9.20. The predicted molar refractivity (Wildman–Crippen MR) is 85.7 cm³/mol. The smallest absolute Gasteiger partial charge is 0.0372 e. The Balaban J connectivity index is 1.72.